The summed E-state index contributed by atoms with van der Waals surface area (Å²) in [5.41, 5.74) is 4.10. The summed E-state index contributed by atoms with van der Waals surface area (Å²) in [5.74, 6) is 0.728. The Morgan fingerprint density at radius 2 is 1.77 bits per heavy atom. The number of carbonyl (C=O) groups excluding carboxylic acids is 1. The molecule has 0 unspecified atom stereocenters. The van der Waals surface area contributed by atoms with Crippen LogP contribution in [0.1, 0.15) is 72.8 Å². The van der Waals surface area contributed by atoms with Crippen LogP contribution in [0.5, 0.6) is 0 Å². The van der Waals surface area contributed by atoms with E-state index in [4.69, 9.17) is 9.47 Å². The standard InChI is InChI=1S/C29H45N7O3.ClH/c1-3-4-6-9-24-12-14-25(15-13-24)28(37)30-16-18-36-23-27(34-35-36)11-8-5-7-10-26-22-32-29(33-26)31-17-19-39-21-20-38-2;/h12-15,22-23H,3-11,16-21H2,1-2H3,(H,30,37)(H2,31,32,33);1H. The number of unbranched alkanes of at least 4 members (excludes halogenated alkanes) is 4. The normalized spacial score (nSPS) is 10.8. The van der Waals surface area contributed by atoms with Gasteiger partial charge in [-0.15, -0.1) is 17.5 Å². The van der Waals surface area contributed by atoms with Crippen molar-refractivity contribution >= 4 is 24.3 Å². The molecule has 0 saturated heterocycles. The summed E-state index contributed by atoms with van der Waals surface area (Å²) >= 11 is 0. The van der Waals surface area contributed by atoms with Gasteiger partial charge in [0.1, 0.15) is 0 Å². The van der Waals surface area contributed by atoms with Crippen molar-refractivity contribution < 1.29 is 14.3 Å². The molecule has 40 heavy (non-hydrogen) atoms. The summed E-state index contributed by atoms with van der Waals surface area (Å²) in [6, 6.07) is 7.94. The monoisotopic (exact) mass is 575 g/mol. The van der Waals surface area contributed by atoms with Gasteiger partial charge in [0.15, 0.2) is 5.95 Å². The molecule has 2 aromatic heterocycles. The first kappa shape index (κ1) is 33.3. The number of aryl methyl sites for hydroxylation is 3. The van der Waals surface area contributed by atoms with Crippen LogP contribution >= 0.6 is 12.4 Å². The Kier molecular flexibility index (Phi) is 16.6. The summed E-state index contributed by atoms with van der Waals surface area (Å²) in [7, 11) is 1.67. The number of halogens is 1. The first-order valence-corrected chi connectivity index (χ1v) is 14.3. The van der Waals surface area contributed by atoms with Gasteiger partial charge in [0, 0.05) is 37.7 Å². The lowest BCUT2D eigenvalue weighted by atomic mass is 10.1. The summed E-state index contributed by atoms with van der Waals surface area (Å²) in [4.78, 5) is 20.1. The number of ether oxygens (including phenoxy) is 2. The highest BCUT2D eigenvalue weighted by Crippen LogP contribution is 2.10. The molecule has 0 fully saturated rings. The number of nitrogens with one attached hydrogen (secondary N) is 3. The lowest BCUT2D eigenvalue weighted by Crippen LogP contribution is -2.27. The largest absolute Gasteiger partial charge is 0.382 e. The topological polar surface area (TPSA) is 119 Å². The van der Waals surface area contributed by atoms with Gasteiger partial charge in [-0.1, -0.05) is 43.5 Å². The van der Waals surface area contributed by atoms with E-state index in [0.29, 0.717) is 45.0 Å². The molecule has 0 spiro atoms. The predicted octanol–water partition coefficient (Wildman–Crippen LogP) is 4.62. The molecule has 0 aliphatic rings. The number of carbonyl (C=O) groups is 1. The summed E-state index contributed by atoms with van der Waals surface area (Å²) in [6.45, 7) is 5.86. The van der Waals surface area contributed by atoms with Crippen molar-refractivity contribution in [1.82, 2.24) is 30.3 Å². The zero-order valence-electron chi connectivity index (χ0n) is 24.0. The average molecular weight is 576 g/mol. The minimum atomic E-state index is -0.0532. The SMILES string of the molecule is CCCCCc1ccc(C(=O)NCCn2cc(CCCCCc3cnc(NCCOCCOC)[nH]3)nn2)cc1.Cl. The Balaban J connectivity index is 0.00000560. The zero-order chi connectivity index (χ0) is 27.5. The molecule has 1 aromatic carbocycles. The minimum Gasteiger partial charge on any atom is -0.382 e. The van der Waals surface area contributed by atoms with Crippen LogP contribution in [0.4, 0.5) is 5.95 Å². The van der Waals surface area contributed by atoms with E-state index in [9.17, 15) is 4.79 Å². The maximum absolute atomic E-state index is 12.4. The van der Waals surface area contributed by atoms with Gasteiger partial charge in [-0.3, -0.25) is 9.48 Å². The van der Waals surface area contributed by atoms with Gasteiger partial charge in [-0.05, 0) is 56.2 Å². The third-order valence-electron chi connectivity index (χ3n) is 6.48. The second-order valence-electron chi connectivity index (χ2n) is 9.73. The highest BCUT2D eigenvalue weighted by Gasteiger charge is 2.07. The number of imidazole rings is 1. The lowest BCUT2D eigenvalue weighted by molar-refractivity contribution is 0.0759. The molecule has 1 amide bonds. The van der Waals surface area contributed by atoms with Gasteiger partial charge in [-0.25, -0.2) is 4.98 Å². The van der Waals surface area contributed by atoms with Gasteiger partial charge in [0.05, 0.1) is 38.3 Å². The second-order valence-corrected chi connectivity index (χ2v) is 9.73. The Hall–Kier alpha value is -2.95. The van der Waals surface area contributed by atoms with E-state index in [2.05, 4.69) is 50.0 Å². The van der Waals surface area contributed by atoms with E-state index in [1.165, 1.54) is 24.8 Å². The Labute approximate surface area is 244 Å². The van der Waals surface area contributed by atoms with Crippen LogP contribution in [-0.2, 0) is 35.3 Å². The first-order chi connectivity index (χ1) is 19.2. The van der Waals surface area contributed by atoms with Crippen LogP contribution in [-0.4, -0.2) is 70.9 Å². The number of amides is 1. The third-order valence-corrected chi connectivity index (χ3v) is 6.48. The number of aromatic nitrogens is 5. The number of benzene rings is 1. The number of H-pyrrole nitrogens is 1. The molecule has 3 aromatic rings. The minimum absolute atomic E-state index is 0. The van der Waals surface area contributed by atoms with Crippen molar-refractivity contribution in [2.75, 3.05) is 45.3 Å². The van der Waals surface area contributed by atoms with Crippen LogP contribution in [0.3, 0.4) is 0 Å². The fourth-order valence-electron chi connectivity index (χ4n) is 4.21. The van der Waals surface area contributed by atoms with Crippen molar-refractivity contribution in [3.8, 4) is 0 Å². The van der Waals surface area contributed by atoms with Crippen LogP contribution in [0, 0.1) is 0 Å². The highest BCUT2D eigenvalue weighted by molar-refractivity contribution is 5.94. The molecule has 0 radical (unpaired) electrons. The fourth-order valence-corrected chi connectivity index (χ4v) is 4.21. The molecular weight excluding hydrogens is 530 g/mol. The van der Waals surface area contributed by atoms with Gasteiger partial charge in [-0.2, -0.15) is 0 Å². The van der Waals surface area contributed by atoms with E-state index < -0.39 is 0 Å². The van der Waals surface area contributed by atoms with Crippen molar-refractivity contribution in [3.63, 3.8) is 0 Å². The molecule has 222 valence electrons. The van der Waals surface area contributed by atoms with Crippen molar-refractivity contribution in [2.24, 2.45) is 0 Å². The number of hydrogen-bond donors (Lipinski definition) is 3. The molecule has 0 saturated carbocycles. The fraction of sp³-hybridized carbons (Fsp3) is 0.586. The number of nitrogens with zero attached hydrogens (tertiary/aromatic N) is 4. The zero-order valence-corrected chi connectivity index (χ0v) is 24.8. The Morgan fingerprint density at radius 1 is 0.975 bits per heavy atom. The quantitative estimate of drug-likeness (QED) is 0.159. The molecule has 3 N–H and O–H groups in total. The number of aromatic amines is 1. The van der Waals surface area contributed by atoms with Crippen molar-refractivity contribution in [1.29, 1.82) is 0 Å². The predicted molar refractivity (Wildman–Crippen MR) is 160 cm³/mol. The summed E-state index contributed by atoms with van der Waals surface area (Å²) in [5, 5.41) is 14.7. The second kappa shape index (κ2) is 20.0. The Morgan fingerprint density at radius 3 is 2.58 bits per heavy atom. The highest BCUT2D eigenvalue weighted by atomic mass is 35.5. The van der Waals surface area contributed by atoms with Gasteiger partial charge in [0.2, 0.25) is 0 Å². The van der Waals surface area contributed by atoms with E-state index in [1.54, 1.807) is 11.8 Å². The maximum atomic E-state index is 12.4. The van der Waals surface area contributed by atoms with E-state index in [0.717, 1.165) is 55.9 Å². The van der Waals surface area contributed by atoms with Gasteiger partial charge < -0.3 is 25.1 Å². The van der Waals surface area contributed by atoms with E-state index in [1.807, 2.05) is 24.5 Å². The van der Waals surface area contributed by atoms with Gasteiger partial charge in [0.25, 0.3) is 5.91 Å². The molecule has 0 bridgehead atoms. The van der Waals surface area contributed by atoms with Crippen molar-refractivity contribution in [3.05, 3.63) is 59.2 Å². The molecular formula is C29H46ClN7O3. The van der Waals surface area contributed by atoms with Crippen LogP contribution < -0.4 is 10.6 Å². The molecule has 0 aliphatic heterocycles. The number of methoxy groups -OCH3 is 1. The molecule has 0 aliphatic carbocycles. The van der Waals surface area contributed by atoms with Crippen LogP contribution in [0.25, 0.3) is 0 Å². The Bertz CT molecular complexity index is 1070. The van der Waals surface area contributed by atoms with Crippen LogP contribution in [0.15, 0.2) is 36.7 Å². The summed E-state index contributed by atoms with van der Waals surface area (Å²) < 4.78 is 12.2. The van der Waals surface area contributed by atoms with Crippen LogP contribution in [0.2, 0.25) is 0 Å². The molecule has 10 nitrogen and oxygen atoms in total. The molecule has 11 heteroatoms. The van der Waals surface area contributed by atoms with E-state index >= 15 is 0 Å². The maximum Gasteiger partial charge on any atom is 0.251 e. The number of anilines is 1. The molecule has 3 rings (SSSR count). The summed E-state index contributed by atoms with van der Waals surface area (Å²) in [6.07, 6.45) is 13.7. The van der Waals surface area contributed by atoms with Crippen molar-refractivity contribution in [2.45, 2.75) is 71.3 Å². The number of rotatable bonds is 21. The third kappa shape index (κ3) is 12.9. The average Bonchev–Trinajstić information content (AvgIpc) is 3.60. The number of hydrogen-bond acceptors (Lipinski definition) is 7. The lowest BCUT2D eigenvalue weighted by Gasteiger charge is -2.06. The smallest absolute Gasteiger partial charge is 0.251 e. The van der Waals surface area contributed by atoms with Gasteiger partial charge >= 0.3 is 0 Å². The first-order valence-electron chi connectivity index (χ1n) is 14.3. The molecule has 2 heterocycles. The molecule has 0 atom stereocenters. The van der Waals surface area contributed by atoms with E-state index in [-0.39, 0.29) is 18.3 Å².